The van der Waals surface area contributed by atoms with Crippen LogP contribution >= 0.6 is 0 Å². The van der Waals surface area contributed by atoms with Gasteiger partial charge in [0.2, 0.25) is 10.0 Å². The summed E-state index contributed by atoms with van der Waals surface area (Å²) in [5.74, 6) is -0.491. The van der Waals surface area contributed by atoms with Gasteiger partial charge < -0.3 is 15.2 Å². The number of primary sulfonamides is 1. The lowest BCUT2D eigenvalue weighted by molar-refractivity contribution is -0.137. The molecule has 0 saturated heterocycles. The Morgan fingerprint density at radius 1 is 0.968 bits per heavy atom. The third-order valence-corrected chi connectivity index (χ3v) is 5.23. The molecule has 3 aromatic rings. The van der Waals surface area contributed by atoms with Crippen LogP contribution in [0.1, 0.15) is 16.7 Å². The summed E-state index contributed by atoms with van der Waals surface area (Å²) in [6, 6.07) is 15.7. The molecule has 0 aliphatic rings. The summed E-state index contributed by atoms with van der Waals surface area (Å²) in [7, 11) is -4.33. The minimum atomic E-state index is -4.60. The summed E-state index contributed by atoms with van der Waals surface area (Å²) in [5, 5.41) is 17.8. The summed E-state index contributed by atoms with van der Waals surface area (Å²) < 4.78 is 69.1. The van der Waals surface area contributed by atoms with Crippen LogP contribution in [-0.2, 0) is 29.4 Å². The minimum absolute atomic E-state index is 0.150. The molecule has 0 atom stereocenters. The number of benzene rings is 3. The highest BCUT2D eigenvalue weighted by Gasteiger charge is 2.31. The molecular weight excluding hydrogens is 433 g/mol. The monoisotopic (exact) mass is 452 g/mol. The Kier molecular flexibility index (Phi) is 6.54. The molecule has 4 N–H and O–H groups in total. The molecular formula is C21H19F3N2O4S. The van der Waals surface area contributed by atoms with E-state index < -0.39 is 33.3 Å². The van der Waals surface area contributed by atoms with Crippen LogP contribution in [0, 0.1) is 0 Å². The van der Waals surface area contributed by atoms with Crippen LogP contribution in [0.2, 0.25) is 0 Å². The first kappa shape index (κ1) is 22.6. The number of hydrogen-bond donors (Lipinski definition) is 3. The molecule has 31 heavy (non-hydrogen) atoms. The number of alkyl halides is 3. The molecule has 0 saturated carbocycles. The first-order valence-corrected chi connectivity index (χ1v) is 10.6. The Morgan fingerprint density at radius 3 is 2.29 bits per heavy atom. The molecule has 0 aliphatic heterocycles. The predicted molar refractivity (Wildman–Crippen MR) is 109 cm³/mol. The standard InChI is InChI=1S/C21H19F3N2O4S/c22-21(23,24)16-7-4-8-17(11-16)30-20-18(26-12-14-5-2-1-3-6-14)9-15(13-27)10-19(20)31(25,28)29/h1-11,26-27H,12-13H2,(H2,25,28,29). The fourth-order valence-corrected chi connectivity index (χ4v) is 3.57. The average molecular weight is 452 g/mol. The molecule has 0 aliphatic carbocycles. The lowest BCUT2D eigenvalue weighted by atomic mass is 10.1. The topological polar surface area (TPSA) is 102 Å². The number of anilines is 1. The second-order valence-electron chi connectivity index (χ2n) is 6.64. The number of rotatable bonds is 7. The summed E-state index contributed by atoms with van der Waals surface area (Å²) >= 11 is 0. The van der Waals surface area contributed by atoms with Crippen LogP contribution in [-0.4, -0.2) is 13.5 Å². The lowest BCUT2D eigenvalue weighted by Gasteiger charge is -2.18. The molecule has 164 valence electrons. The molecule has 0 bridgehead atoms. The van der Waals surface area contributed by atoms with Crippen molar-refractivity contribution >= 4 is 15.7 Å². The molecule has 0 spiro atoms. The van der Waals surface area contributed by atoms with Crippen molar-refractivity contribution in [2.24, 2.45) is 5.14 Å². The van der Waals surface area contributed by atoms with Crippen LogP contribution in [0.3, 0.4) is 0 Å². The minimum Gasteiger partial charge on any atom is -0.454 e. The summed E-state index contributed by atoms with van der Waals surface area (Å²) in [6.07, 6.45) is -4.60. The van der Waals surface area contributed by atoms with Crippen molar-refractivity contribution in [1.82, 2.24) is 0 Å². The van der Waals surface area contributed by atoms with Gasteiger partial charge >= 0.3 is 6.18 Å². The third-order valence-electron chi connectivity index (χ3n) is 4.31. The largest absolute Gasteiger partial charge is 0.454 e. The zero-order chi connectivity index (χ0) is 22.6. The fraction of sp³-hybridized carbons (Fsp3) is 0.143. The normalized spacial score (nSPS) is 11.9. The van der Waals surface area contributed by atoms with E-state index in [1.165, 1.54) is 12.1 Å². The van der Waals surface area contributed by atoms with E-state index in [1.54, 1.807) is 0 Å². The van der Waals surface area contributed by atoms with E-state index in [1.807, 2.05) is 30.3 Å². The molecule has 0 fully saturated rings. The molecule has 3 aromatic carbocycles. The molecule has 0 aromatic heterocycles. The maximum Gasteiger partial charge on any atom is 0.416 e. The third kappa shape index (κ3) is 5.75. The van der Waals surface area contributed by atoms with Gasteiger partial charge in [-0.3, -0.25) is 0 Å². The lowest BCUT2D eigenvalue weighted by Crippen LogP contribution is -2.15. The van der Waals surface area contributed by atoms with Gasteiger partial charge in [-0.05, 0) is 41.5 Å². The van der Waals surface area contributed by atoms with Crippen molar-refractivity contribution in [2.75, 3.05) is 5.32 Å². The van der Waals surface area contributed by atoms with E-state index in [0.717, 1.165) is 29.8 Å². The van der Waals surface area contributed by atoms with Crippen molar-refractivity contribution in [3.05, 3.63) is 83.4 Å². The quantitative estimate of drug-likeness (QED) is 0.498. The van der Waals surface area contributed by atoms with E-state index in [4.69, 9.17) is 9.88 Å². The number of halogens is 3. The van der Waals surface area contributed by atoms with Gasteiger partial charge in [-0.15, -0.1) is 0 Å². The smallest absolute Gasteiger partial charge is 0.416 e. The van der Waals surface area contributed by atoms with E-state index in [-0.39, 0.29) is 29.3 Å². The van der Waals surface area contributed by atoms with Crippen molar-refractivity contribution in [1.29, 1.82) is 0 Å². The second kappa shape index (κ2) is 8.96. The molecule has 0 radical (unpaired) electrons. The zero-order valence-corrected chi connectivity index (χ0v) is 16.9. The van der Waals surface area contributed by atoms with Crippen molar-refractivity contribution in [2.45, 2.75) is 24.2 Å². The van der Waals surface area contributed by atoms with Gasteiger partial charge in [0.15, 0.2) is 5.75 Å². The van der Waals surface area contributed by atoms with Crippen molar-refractivity contribution in [3.8, 4) is 11.5 Å². The van der Waals surface area contributed by atoms with Gasteiger partial charge in [-0.1, -0.05) is 36.4 Å². The maximum atomic E-state index is 13.1. The van der Waals surface area contributed by atoms with Gasteiger partial charge in [-0.25, -0.2) is 13.6 Å². The Labute approximate surface area is 177 Å². The zero-order valence-electron chi connectivity index (χ0n) is 16.1. The molecule has 0 amide bonds. The van der Waals surface area contributed by atoms with Crippen LogP contribution in [0.15, 0.2) is 71.6 Å². The van der Waals surface area contributed by atoms with E-state index in [9.17, 15) is 26.7 Å². The maximum absolute atomic E-state index is 13.1. The molecule has 0 heterocycles. The number of nitrogens with one attached hydrogen (secondary N) is 1. The number of sulfonamides is 1. The number of ether oxygens (including phenoxy) is 1. The molecule has 10 heteroatoms. The highest BCUT2D eigenvalue weighted by Crippen LogP contribution is 2.39. The molecule has 3 rings (SSSR count). The SMILES string of the molecule is NS(=O)(=O)c1cc(CO)cc(NCc2ccccc2)c1Oc1cccc(C(F)(F)F)c1. The Morgan fingerprint density at radius 2 is 1.68 bits per heavy atom. The molecule has 6 nitrogen and oxygen atoms in total. The van der Waals surface area contributed by atoms with Crippen molar-refractivity contribution in [3.63, 3.8) is 0 Å². The van der Waals surface area contributed by atoms with Gasteiger partial charge in [0, 0.05) is 6.54 Å². The Balaban J connectivity index is 2.07. The number of nitrogens with two attached hydrogens (primary N) is 1. The van der Waals surface area contributed by atoms with Gasteiger partial charge in [-0.2, -0.15) is 13.2 Å². The first-order valence-electron chi connectivity index (χ1n) is 9.01. The second-order valence-corrected chi connectivity index (χ2v) is 8.17. The van der Waals surface area contributed by atoms with Gasteiger partial charge in [0.25, 0.3) is 0 Å². The number of aliphatic hydroxyl groups is 1. The van der Waals surface area contributed by atoms with Crippen LogP contribution in [0.5, 0.6) is 11.5 Å². The van der Waals surface area contributed by atoms with Gasteiger partial charge in [0.1, 0.15) is 10.6 Å². The van der Waals surface area contributed by atoms with E-state index in [2.05, 4.69) is 5.32 Å². The van der Waals surface area contributed by atoms with Crippen LogP contribution in [0.25, 0.3) is 0 Å². The highest BCUT2D eigenvalue weighted by atomic mass is 32.2. The molecule has 0 unspecified atom stereocenters. The number of hydrogen-bond acceptors (Lipinski definition) is 5. The highest BCUT2D eigenvalue weighted by molar-refractivity contribution is 7.89. The van der Waals surface area contributed by atoms with E-state index in [0.29, 0.717) is 0 Å². The van der Waals surface area contributed by atoms with Crippen LogP contribution in [0.4, 0.5) is 18.9 Å². The summed E-state index contributed by atoms with van der Waals surface area (Å²) in [4.78, 5) is -0.466. The Bertz CT molecular complexity index is 1170. The Hall–Kier alpha value is -3.08. The fourth-order valence-electron chi connectivity index (χ4n) is 2.85. The number of aliphatic hydroxyl groups excluding tert-OH is 1. The van der Waals surface area contributed by atoms with E-state index >= 15 is 0 Å². The summed E-state index contributed by atoms with van der Waals surface area (Å²) in [5.41, 5.74) is 0.292. The predicted octanol–water partition coefficient (Wildman–Crippen LogP) is 4.25. The summed E-state index contributed by atoms with van der Waals surface area (Å²) in [6.45, 7) is -0.217. The van der Waals surface area contributed by atoms with Gasteiger partial charge in [0.05, 0.1) is 17.9 Å². The van der Waals surface area contributed by atoms with Crippen LogP contribution < -0.4 is 15.2 Å². The van der Waals surface area contributed by atoms with Crippen molar-refractivity contribution < 1.29 is 31.4 Å². The average Bonchev–Trinajstić information content (AvgIpc) is 2.72. The first-order chi connectivity index (χ1) is 14.6.